The second-order valence-electron chi connectivity index (χ2n) is 17.2. The highest BCUT2D eigenvalue weighted by molar-refractivity contribution is 6.05. The lowest BCUT2D eigenvalue weighted by Crippen LogP contribution is -2.72. The molecule has 2 aromatic carbocycles. The van der Waals surface area contributed by atoms with Crippen LogP contribution >= 0.6 is 0 Å². The molecule has 5 atom stereocenters. The average molecular weight is 831 g/mol. The highest BCUT2D eigenvalue weighted by Crippen LogP contribution is 2.43. The maximum absolute atomic E-state index is 15.3. The van der Waals surface area contributed by atoms with Crippen LogP contribution in [0, 0.1) is 11.7 Å². The highest BCUT2D eigenvalue weighted by atomic mass is 19.3. The molecule has 0 bridgehead atoms. The van der Waals surface area contributed by atoms with Crippen molar-refractivity contribution in [3.8, 4) is 17.0 Å². The number of nitrogens with one attached hydrogen (secondary N) is 2. The van der Waals surface area contributed by atoms with Crippen LogP contribution in [0.25, 0.3) is 11.3 Å². The van der Waals surface area contributed by atoms with Crippen LogP contribution in [-0.4, -0.2) is 148 Å². The number of piperazine rings is 2. The maximum atomic E-state index is 15.3. The van der Waals surface area contributed by atoms with Gasteiger partial charge in [-0.15, -0.1) is 10.2 Å². The van der Waals surface area contributed by atoms with Crippen molar-refractivity contribution >= 4 is 40.9 Å². The van der Waals surface area contributed by atoms with Gasteiger partial charge in [0.25, 0.3) is 12.3 Å². The fourth-order valence-electron chi connectivity index (χ4n) is 10.4. The molecule has 0 saturated carbocycles. The van der Waals surface area contributed by atoms with Crippen LogP contribution in [0.2, 0.25) is 0 Å². The lowest BCUT2D eigenvalue weighted by Gasteiger charge is -2.55. The summed E-state index contributed by atoms with van der Waals surface area (Å²) in [6.07, 6.45) is -0.708. The third-order valence-electron chi connectivity index (χ3n) is 13.4. The number of phenolic OH excluding ortho intramolecular Hbond substituents is 1. The van der Waals surface area contributed by atoms with Gasteiger partial charge in [-0.2, -0.15) is 0 Å². The number of hydrogen-bond acceptors (Lipinski definition) is 11. The number of likely N-dealkylation sites (tertiary alicyclic amines) is 1. The number of benzene rings is 2. The van der Waals surface area contributed by atoms with Crippen LogP contribution in [0.3, 0.4) is 0 Å². The molecule has 4 saturated heterocycles. The summed E-state index contributed by atoms with van der Waals surface area (Å²) in [5, 5.41) is 24.0. The number of imide groups is 1. The number of anilines is 3. The zero-order chi connectivity index (χ0) is 42.0. The SMILES string of the molecule is C[C@@H]1C[C@H](CN2CCN(c3ccc4c(c3)C(=O)N([C@H]3CCC(=O)NC3=O)C4)CC2)C[C@H](C)N1C(=O)N1CCN2c3cc(-c4cccc(F)c4O)nnc3NC[C@]2(C(F)F)C1. The van der Waals surface area contributed by atoms with E-state index in [-0.39, 0.29) is 73.8 Å². The Morgan fingerprint density at radius 3 is 2.47 bits per heavy atom. The number of para-hydroxylation sites is 1. The first-order valence-electron chi connectivity index (χ1n) is 20.8. The van der Waals surface area contributed by atoms with Gasteiger partial charge in [0.15, 0.2) is 17.4 Å². The molecule has 0 aliphatic carbocycles. The number of carbonyl (C=O) groups is 4. The van der Waals surface area contributed by atoms with Crippen molar-refractivity contribution < 1.29 is 37.5 Å². The molecule has 15 nitrogen and oxygen atoms in total. The first-order valence-corrected chi connectivity index (χ1v) is 20.8. The van der Waals surface area contributed by atoms with Gasteiger partial charge < -0.3 is 34.9 Å². The number of halogens is 3. The maximum Gasteiger partial charge on any atom is 0.320 e. The minimum Gasteiger partial charge on any atom is -0.504 e. The number of fused-ring (bicyclic) bond motifs is 4. The van der Waals surface area contributed by atoms with Gasteiger partial charge >= 0.3 is 6.03 Å². The number of nitrogens with zero attached hydrogens (tertiary/aromatic N) is 8. The Morgan fingerprint density at radius 2 is 1.73 bits per heavy atom. The molecule has 318 valence electrons. The van der Waals surface area contributed by atoms with E-state index in [1.807, 2.05) is 36.9 Å². The Labute approximate surface area is 345 Å². The predicted octanol–water partition coefficient (Wildman–Crippen LogP) is 3.73. The molecule has 3 aromatic rings. The Morgan fingerprint density at radius 1 is 0.967 bits per heavy atom. The third-order valence-corrected chi connectivity index (χ3v) is 13.4. The molecular formula is C42H49F3N10O5. The first-order chi connectivity index (χ1) is 28.8. The second kappa shape index (κ2) is 15.4. The largest absolute Gasteiger partial charge is 0.504 e. The van der Waals surface area contributed by atoms with Crippen LogP contribution in [0.4, 0.5) is 35.2 Å². The zero-order valence-corrected chi connectivity index (χ0v) is 33.6. The van der Waals surface area contributed by atoms with Gasteiger partial charge in [0.05, 0.1) is 17.9 Å². The van der Waals surface area contributed by atoms with E-state index >= 15 is 8.78 Å². The molecule has 4 fully saturated rings. The summed E-state index contributed by atoms with van der Waals surface area (Å²) in [4.78, 5) is 63.1. The normalized spacial score (nSPS) is 27.1. The van der Waals surface area contributed by atoms with Crippen molar-refractivity contribution in [1.82, 2.24) is 35.1 Å². The van der Waals surface area contributed by atoms with Gasteiger partial charge in [-0.05, 0) is 74.9 Å². The summed E-state index contributed by atoms with van der Waals surface area (Å²) in [5.41, 5.74) is 1.28. The van der Waals surface area contributed by atoms with Crippen molar-refractivity contribution in [2.75, 3.05) is 74.0 Å². The van der Waals surface area contributed by atoms with Gasteiger partial charge in [0, 0.05) is 94.2 Å². The van der Waals surface area contributed by atoms with E-state index in [0.29, 0.717) is 36.0 Å². The van der Waals surface area contributed by atoms with Crippen LogP contribution in [0.1, 0.15) is 55.5 Å². The molecule has 1 aromatic heterocycles. The number of urea groups is 1. The Balaban J connectivity index is 0.803. The molecule has 6 aliphatic rings. The number of aromatic nitrogens is 2. The predicted molar refractivity (Wildman–Crippen MR) is 215 cm³/mol. The summed E-state index contributed by atoms with van der Waals surface area (Å²) in [6.45, 7) is 8.51. The van der Waals surface area contributed by atoms with Gasteiger partial charge in [0.2, 0.25) is 11.8 Å². The summed E-state index contributed by atoms with van der Waals surface area (Å²) >= 11 is 0. The molecule has 0 unspecified atom stereocenters. The molecule has 0 radical (unpaired) electrons. The van der Waals surface area contributed by atoms with E-state index < -0.39 is 35.5 Å². The molecule has 0 spiro atoms. The number of aromatic hydroxyl groups is 1. The van der Waals surface area contributed by atoms with Crippen molar-refractivity contribution in [3.63, 3.8) is 0 Å². The van der Waals surface area contributed by atoms with Gasteiger partial charge in [-0.3, -0.25) is 24.6 Å². The summed E-state index contributed by atoms with van der Waals surface area (Å²) in [6, 6.07) is 10.4. The molecule has 5 amide bonds. The van der Waals surface area contributed by atoms with Crippen molar-refractivity contribution in [2.45, 2.75) is 76.2 Å². The quantitative estimate of drug-likeness (QED) is 0.311. The van der Waals surface area contributed by atoms with E-state index in [1.165, 1.54) is 18.2 Å². The molecule has 7 heterocycles. The molecular weight excluding hydrogens is 782 g/mol. The molecule has 6 aliphatic heterocycles. The van der Waals surface area contributed by atoms with Crippen LogP contribution in [0.5, 0.6) is 5.75 Å². The number of carbonyl (C=O) groups excluding carboxylic acids is 4. The van der Waals surface area contributed by atoms with E-state index in [9.17, 15) is 28.7 Å². The smallest absolute Gasteiger partial charge is 0.320 e. The van der Waals surface area contributed by atoms with E-state index in [1.54, 1.807) is 14.7 Å². The van der Waals surface area contributed by atoms with Crippen molar-refractivity contribution in [1.29, 1.82) is 0 Å². The lowest BCUT2D eigenvalue weighted by molar-refractivity contribution is -0.136. The Bertz CT molecular complexity index is 2210. The van der Waals surface area contributed by atoms with Crippen LogP contribution in [-0.2, 0) is 16.1 Å². The molecule has 18 heteroatoms. The number of phenols is 1. The summed E-state index contributed by atoms with van der Waals surface area (Å²) in [5.74, 6) is -1.70. The summed E-state index contributed by atoms with van der Waals surface area (Å²) < 4.78 is 44.7. The Hall–Kier alpha value is -5.65. The number of rotatable bonds is 6. The number of alkyl halides is 2. The fraction of sp³-hybridized carbons (Fsp3) is 0.524. The first kappa shape index (κ1) is 39.8. The van der Waals surface area contributed by atoms with E-state index in [0.717, 1.165) is 62.9 Å². The molecule has 9 rings (SSSR count). The van der Waals surface area contributed by atoms with Crippen molar-refractivity contribution in [3.05, 3.63) is 59.4 Å². The fourth-order valence-corrected chi connectivity index (χ4v) is 10.4. The minimum atomic E-state index is -2.82. The zero-order valence-electron chi connectivity index (χ0n) is 33.6. The third kappa shape index (κ3) is 6.91. The minimum absolute atomic E-state index is 0.0949. The van der Waals surface area contributed by atoms with Crippen LogP contribution in [0.15, 0.2) is 42.5 Å². The van der Waals surface area contributed by atoms with Crippen LogP contribution < -0.4 is 20.4 Å². The van der Waals surface area contributed by atoms with Gasteiger partial charge in [-0.25, -0.2) is 18.0 Å². The van der Waals surface area contributed by atoms with Crippen molar-refractivity contribution in [2.24, 2.45) is 5.92 Å². The molecule has 3 N–H and O–H groups in total. The van der Waals surface area contributed by atoms with E-state index in [4.69, 9.17) is 0 Å². The highest BCUT2D eigenvalue weighted by Gasteiger charge is 2.54. The summed E-state index contributed by atoms with van der Waals surface area (Å²) in [7, 11) is 0. The number of piperidine rings is 2. The standard InChI is InChI=1S/C42H49F3N10O5/c1-24-16-26(20-50-10-12-51(13-11-50)28-7-6-27-21-53(39(59)30(27)18-28)33-8-9-35(56)47-38(33)58)17-25(2)55(24)41(60)52-14-15-54-34-19-32(29-4-3-5-31(43)36(29)57)48-49-37(34)46-22-42(54,23-52)40(44)45/h3-7,18-19,24-26,33,40,57H,8-17,20-23H2,1-2H3,(H,46,49)(H,47,56,58)/t24-,25+,26+,33-,42+/m0/s1. The molecule has 60 heavy (non-hydrogen) atoms. The lowest BCUT2D eigenvalue weighted by atomic mass is 9.86. The van der Waals surface area contributed by atoms with Gasteiger partial charge in [0.1, 0.15) is 11.6 Å². The average Bonchev–Trinajstić information content (AvgIpc) is 3.56. The monoisotopic (exact) mass is 830 g/mol. The topological polar surface area (TPSA) is 158 Å². The van der Waals surface area contributed by atoms with Gasteiger partial charge in [-0.1, -0.05) is 12.1 Å². The number of amides is 5. The second-order valence-corrected chi connectivity index (χ2v) is 17.2. The van der Waals surface area contributed by atoms with E-state index in [2.05, 4.69) is 30.6 Å². The Kier molecular flexibility index (Phi) is 10.2. The number of hydrogen-bond donors (Lipinski definition) is 3.